The van der Waals surface area contributed by atoms with Gasteiger partial charge in [0.05, 0.1) is 10.6 Å². The Hall–Kier alpha value is -3.83. The number of sulfonamides is 1. The number of carbonyl (C=O) groups is 1. The molecule has 0 aliphatic heterocycles. The molecule has 0 bridgehead atoms. The van der Waals surface area contributed by atoms with E-state index in [1.165, 1.54) is 35.6 Å². The molecular weight excluding hydrogens is 486 g/mol. The summed E-state index contributed by atoms with van der Waals surface area (Å²) in [6.45, 7) is 5.53. The smallest absolute Gasteiger partial charge is 0.267 e. The van der Waals surface area contributed by atoms with Crippen molar-refractivity contribution >= 4 is 38.9 Å². The second kappa shape index (κ2) is 10.2. The van der Waals surface area contributed by atoms with E-state index in [4.69, 9.17) is 4.74 Å². The number of rotatable bonds is 8. The van der Waals surface area contributed by atoms with Gasteiger partial charge in [-0.25, -0.2) is 28.1 Å². The molecule has 9 nitrogen and oxygen atoms in total. The van der Waals surface area contributed by atoms with Crippen molar-refractivity contribution in [3.05, 3.63) is 87.6 Å². The van der Waals surface area contributed by atoms with Crippen molar-refractivity contribution in [2.45, 2.75) is 32.3 Å². The lowest BCUT2D eigenvalue weighted by Crippen LogP contribution is -2.16. The number of thiazole rings is 1. The number of nitrogens with one attached hydrogen (secondary N) is 2. The third-order valence-electron chi connectivity index (χ3n) is 4.78. The Labute approximate surface area is 207 Å². The van der Waals surface area contributed by atoms with Crippen molar-refractivity contribution in [3.8, 4) is 5.75 Å². The molecule has 0 aliphatic carbocycles. The van der Waals surface area contributed by atoms with Crippen LogP contribution in [0.25, 0.3) is 0 Å². The fraction of sp³-hybridized carbons (Fsp3) is 0.167. The zero-order chi connectivity index (χ0) is 25.0. The summed E-state index contributed by atoms with van der Waals surface area (Å²) in [6, 6.07) is 17.0. The minimum atomic E-state index is -3.89. The first-order chi connectivity index (χ1) is 16.7. The minimum absolute atomic E-state index is 0.00704. The molecule has 180 valence electrons. The first-order valence-corrected chi connectivity index (χ1v) is 12.9. The summed E-state index contributed by atoms with van der Waals surface area (Å²) in [7, 11) is -3.89. The molecule has 11 heteroatoms. The van der Waals surface area contributed by atoms with E-state index in [-0.39, 0.29) is 23.4 Å². The molecule has 0 unspecified atom stereocenters. The van der Waals surface area contributed by atoms with Crippen molar-refractivity contribution in [3.63, 3.8) is 0 Å². The first kappa shape index (κ1) is 24.3. The van der Waals surface area contributed by atoms with Gasteiger partial charge in [0.25, 0.3) is 15.9 Å². The van der Waals surface area contributed by atoms with E-state index in [2.05, 4.69) is 25.0 Å². The highest BCUT2D eigenvalue weighted by molar-refractivity contribution is 7.92. The van der Waals surface area contributed by atoms with Crippen LogP contribution in [0, 0.1) is 20.8 Å². The highest BCUT2D eigenvalue weighted by Gasteiger charge is 2.18. The fourth-order valence-corrected chi connectivity index (χ4v) is 5.06. The number of ether oxygens (including phenoxy) is 1. The number of aromatic nitrogens is 3. The third-order valence-corrected chi connectivity index (χ3v) is 7.26. The zero-order valence-corrected chi connectivity index (χ0v) is 20.9. The van der Waals surface area contributed by atoms with Crippen LogP contribution >= 0.6 is 11.3 Å². The Bertz CT molecular complexity index is 1430. The minimum Gasteiger partial charge on any atom is -0.486 e. The Morgan fingerprint density at radius 3 is 2.26 bits per heavy atom. The summed E-state index contributed by atoms with van der Waals surface area (Å²) in [5.74, 6) is 0.399. The molecule has 0 atom stereocenters. The Morgan fingerprint density at radius 2 is 1.60 bits per heavy atom. The molecular formula is C24H23N5O4S2. The van der Waals surface area contributed by atoms with Gasteiger partial charge in [-0.2, -0.15) is 0 Å². The molecule has 1 amide bonds. The van der Waals surface area contributed by atoms with Gasteiger partial charge in [-0.05, 0) is 63.2 Å². The first-order valence-electron chi connectivity index (χ1n) is 10.6. The molecule has 0 radical (unpaired) electrons. The summed E-state index contributed by atoms with van der Waals surface area (Å²) >= 11 is 1.25. The summed E-state index contributed by atoms with van der Waals surface area (Å²) in [6.07, 6.45) is 0. The molecule has 0 fully saturated rings. The molecule has 4 rings (SSSR count). The van der Waals surface area contributed by atoms with Crippen LogP contribution in [-0.2, 0) is 16.6 Å². The second-order valence-corrected chi connectivity index (χ2v) is 10.4. The molecule has 4 aromatic rings. The quantitative estimate of drug-likeness (QED) is 0.359. The topological polar surface area (TPSA) is 123 Å². The number of benzene rings is 2. The highest BCUT2D eigenvalue weighted by atomic mass is 32.2. The van der Waals surface area contributed by atoms with Gasteiger partial charge < -0.3 is 10.1 Å². The Kier molecular flexibility index (Phi) is 7.08. The number of hydrogen-bond donors (Lipinski definition) is 2. The standard InChI is InChI=1S/C24H23N5O4S2/c1-15-13-16(2)26-24(25-15)29-35(31,32)20-11-9-18(10-12-20)28-23(30)22-17(3)27-21(34-22)14-33-19-7-5-4-6-8-19/h4-13H,14H2,1-3H3,(H,28,30)(H,25,26,29). The largest absolute Gasteiger partial charge is 0.486 e. The lowest BCUT2D eigenvalue weighted by Gasteiger charge is -2.09. The molecule has 35 heavy (non-hydrogen) atoms. The van der Waals surface area contributed by atoms with Gasteiger partial charge in [0.2, 0.25) is 5.95 Å². The van der Waals surface area contributed by atoms with E-state index in [1.807, 2.05) is 30.3 Å². The lowest BCUT2D eigenvalue weighted by atomic mass is 10.3. The van der Waals surface area contributed by atoms with E-state index in [1.54, 1.807) is 26.8 Å². The number of aryl methyl sites for hydroxylation is 3. The van der Waals surface area contributed by atoms with Crippen LogP contribution in [0.1, 0.15) is 31.8 Å². The second-order valence-electron chi connectivity index (χ2n) is 7.68. The predicted molar refractivity (Wildman–Crippen MR) is 134 cm³/mol. The molecule has 2 aromatic heterocycles. The summed E-state index contributed by atoms with van der Waals surface area (Å²) in [4.78, 5) is 25.9. The molecule has 2 aromatic carbocycles. The van der Waals surface area contributed by atoms with E-state index < -0.39 is 10.0 Å². The van der Waals surface area contributed by atoms with E-state index in [0.29, 0.717) is 32.7 Å². The monoisotopic (exact) mass is 509 g/mol. The van der Waals surface area contributed by atoms with Crippen LogP contribution in [0.3, 0.4) is 0 Å². The SMILES string of the molecule is Cc1cc(C)nc(NS(=O)(=O)c2ccc(NC(=O)c3sc(COc4ccccc4)nc3C)cc2)n1. The number of nitrogens with zero attached hydrogens (tertiary/aromatic N) is 3. The van der Waals surface area contributed by atoms with Crippen LogP contribution < -0.4 is 14.8 Å². The maximum absolute atomic E-state index is 12.8. The van der Waals surface area contributed by atoms with Crippen molar-refractivity contribution in [1.29, 1.82) is 0 Å². The summed E-state index contributed by atoms with van der Waals surface area (Å²) in [5, 5.41) is 3.46. The van der Waals surface area contributed by atoms with Gasteiger partial charge in [-0.1, -0.05) is 18.2 Å². The van der Waals surface area contributed by atoms with Gasteiger partial charge >= 0.3 is 0 Å². The average Bonchev–Trinajstić information content (AvgIpc) is 3.18. The Morgan fingerprint density at radius 1 is 0.943 bits per heavy atom. The molecule has 2 N–H and O–H groups in total. The van der Waals surface area contributed by atoms with Crippen LogP contribution in [0.2, 0.25) is 0 Å². The molecule has 0 aliphatic rings. The van der Waals surface area contributed by atoms with Crippen molar-refractivity contribution in [2.24, 2.45) is 0 Å². The number of para-hydroxylation sites is 1. The number of amides is 1. The molecule has 0 saturated heterocycles. The average molecular weight is 510 g/mol. The predicted octanol–water partition coefficient (Wildman–Crippen LogP) is 4.49. The summed E-state index contributed by atoms with van der Waals surface area (Å²) in [5.41, 5.74) is 2.35. The van der Waals surface area contributed by atoms with Crippen molar-refractivity contribution < 1.29 is 17.9 Å². The molecule has 0 spiro atoms. The molecule has 2 heterocycles. The number of hydrogen-bond acceptors (Lipinski definition) is 8. The van der Waals surface area contributed by atoms with Crippen LogP contribution in [0.5, 0.6) is 5.75 Å². The van der Waals surface area contributed by atoms with Gasteiger partial charge in [0.1, 0.15) is 22.2 Å². The maximum atomic E-state index is 12.8. The van der Waals surface area contributed by atoms with Crippen molar-refractivity contribution in [2.75, 3.05) is 10.0 Å². The van der Waals surface area contributed by atoms with Gasteiger partial charge in [-0.3, -0.25) is 4.79 Å². The molecule has 0 saturated carbocycles. The number of anilines is 2. The zero-order valence-electron chi connectivity index (χ0n) is 19.3. The highest BCUT2D eigenvalue weighted by Crippen LogP contribution is 2.23. The van der Waals surface area contributed by atoms with E-state index >= 15 is 0 Å². The van der Waals surface area contributed by atoms with Crippen LogP contribution in [0.15, 0.2) is 65.6 Å². The maximum Gasteiger partial charge on any atom is 0.267 e. The van der Waals surface area contributed by atoms with Crippen LogP contribution in [-0.4, -0.2) is 29.3 Å². The van der Waals surface area contributed by atoms with Gasteiger partial charge in [0, 0.05) is 17.1 Å². The van der Waals surface area contributed by atoms with Crippen molar-refractivity contribution in [1.82, 2.24) is 15.0 Å². The van der Waals surface area contributed by atoms with E-state index in [0.717, 1.165) is 5.75 Å². The van der Waals surface area contributed by atoms with Gasteiger partial charge in [0.15, 0.2) is 0 Å². The Balaban J connectivity index is 1.41. The fourth-order valence-electron chi connectivity index (χ4n) is 3.24. The third kappa shape index (κ3) is 6.19. The summed E-state index contributed by atoms with van der Waals surface area (Å²) < 4.78 is 33.5. The normalized spacial score (nSPS) is 11.2. The van der Waals surface area contributed by atoms with Gasteiger partial charge in [-0.15, -0.1) is 11.3 Å². The van der Waals surface area contributed by atoms with E-state index in [9.17, 15) is 13.2 Å². The lowest BCUT2D eigenvalue weighted by molar-refractivity contribution is 0.103. The number of carbonyl (C=O) groups excluding carboxylic acids is 1. The van der Waals surface area contributed by atoms with Crippen LogP contribution in [0.4, 0.5) is 11.6 Å².